The number of hydrogen-bond acceptors (Lipinski definition) is 6. The van der Waals surface area contributed by atoms with E-state index in [4.69, 9.17) is 14.5 Å². The van der Waals surface area contributed by atoms with Crippen molar-refractivity contribution in [2.45, 2.75) is 50.9 Å². The monoisotopic (exact) mass is 393 g/mol. The smallest absolute Gasteiger partial charge is 0.223 e. The summed E-state index contributed by atoms with van der Waals surface area (Å²) in [5.41, 5.74) is 2.66. The Bertz CT molecular complexity index is 1010. The first-order chi connectivity index (χ1) is 14.1. The molecule has 152 valence electrons. The van der Waals surface area contributed by atoms with Gasteiger partial charge >= 0.3 is 0 Å². The number of rotatable bonds is 5. The van der Waals surface area contributed by atoms with Crippen LogP contribution in [0.2, 0.25) is 0 Å². The first-order valence-corrected chi connectivity index (χ1v) is 10.4. The average molecular weight is 393 g/mol. The van der Waals surface area contributed by atoms with Crippen LogP contribution in [0.4, 0.5) is 0 Å². The number of fused-ring (bicyclic) bond motifs is 1. The molecule has 3 aromatic heterocycles. The van der Waals surface area contributed by atoms with E-state index in [1.807, 2.05) is 35.3 Å². The summed E-state index contributed by atoms with van der Waals surface area (Å²) in [6, 6.07) is 6.20. The van der Waals surface area contributed by atoms with Crippen molar-refractivity contribution in [3.63, 3.8) is 0 Å². The molecule has 2 fully saturated rings. The molecule has 0 radical (unpaired) electrons. The lowest BCUT2D eigenvalue weighted by Gasteiger charge is -2.47. The Kier molecular flexibility index (Phi) is 4.72. The van der Waals surface area contributed by atoms with Crippen LogP contribution in [0, 0.1) is 0 Å². The van der Waals surface area contributed by atoms with Gasteiger partial charge < -0.3 is 14.8 Å². The molecule has 0 bridgehead atoms. The Morgan fingerprint density at radius 3 is 3.03 bits per heavy atom. The maximum Gasteiger partial charge on any atom is 0.223 e. The maximum absolute atomic E-state index is 6.34. The Morgan fingerprint density at radius 1 is 1.38 bits per heavy atom. The van der Waals surface area contributed by atoms with E-state index >= 15 is 0 Å². The lowest BCUT2D eigenvalue weighted by Crippen LogP contribution is -2.58. The Morgan fingerprint density at radius 2 is 2.28 bits per heavy atom. The van der Waals surface area contributed by atoms with Crippen LogP contribution in [0.1, 0.15) is 39.2 Å². The number of hydrogen-bond donors (Lipinski definition) is 1. The van der Waals surface area contributed by atoms with Gasteiger partial charge in [-0.3, -0.25) is 9.67 Å². The zero-order valence-corrected chi connectivity index (χ0v) is 17.0. The molecule has 1 spiro atoms. The summed E-state index contributed by atoms with van der Waals surface area (Å²) in [7, 11) is 0. The zero-order valence-electron chi connectivity index (χ0n) is 17.0. The van der Waals surface area contributed by atoms with Crippen LogP contribution in [0.15, 0.2) is 36.8 Å². The van der Waals surface area contributed by atoms with Crippen LogP contribution in [0.3, 0.4) is 0 Å². The van der Waals surface area contributed by atoms with E-state index in [-0.39, 0.29) is 11.7 Å². The minimum Gasteiger partial charge on any atom is -0.474 e. The fraction of sp³-hybridized carbons (Fsp3) is 0.500. The number of ether oxygens (including phenoxy) is 2. The number of nitrogens with one attached hydrogen (secondary N) is 1. The molecule has 0 aromatic carbocycles. The third-order valence-electron chi connectivity index (χ3n) is 5.90. The van der Waals surface area contributed by atoms with E-state index in [1.54, 1.807) is 6.20 Å². The van der Waals surface area contributed by atoms with Gasteiger partial charge in [0.25, 0.3) is 0 Å². The predicted molar refractivity (Wildman–Crippen MR) is 111 cm³/mol. The topological polar surface area (TPSA) is 74.1 Å². The molecule has 7 nitrogen and oxygen atoms in total. The van der Waals surface area contributed by atoms with Gasteiger partial charge in [-0.05, 0) is 51.3 Å². The predicted octanol–water partition coefficient (Wildman–Crippen LogP) is 3.36. The van der Waals surface area contributed by atoms with Gasteiger partial charge in [0.2, 0.25) is 5.88 Å². The molecule has 0 amide bonds. The van der Waals surface area contributed by atoms with Gasteiger partial charge in [0.05, 0.1) is 28.4 Å². The van der Waals surface area contributed by atoms with Crippen molar-refractivity contribution in [1.29, 1.82) is 0 Å². The van der Waals surface area contributed by atoms with E-state index in [9.17, 15) is 0 Å². The van der Waals surface area contributed by atoms with Crippen molar-refractivity contribution in [2.24, 2.45) is 0 Å². The quantitative estimate of drug-likeness (QED) is 0.716. The second-order valence-electron chi connectivity index (χ2n) is 8.40. The third-order valence-corrected chi connectivity index (χ3v) is 5.90. The van der Waals surface area contributed by atoms with E-state index in [2.05, 4.69) is 29.2 Å². The normalized spacial score (nSPS) is 20.9. The first-order valence-electron chi connectivity index (χ1n) is 10.4. The molecule has 1 N–H and O–H groups in total. The fourth-order valence-electron chi connectivity index (χ4n) is 4.08. The van der Waals surface area contributed by atoms with Crippen molar-refractivity contribution in [1.82, 2.24) is 25.1 Å². The van der Waals surface area contributed by atoms with Gasteiger partial charge in [0, 0.05) is 37.1 Å². The van der Waals surface area contributed by atoms with Crippen molar-refractivity contribution in [3.8, 4) is 17.1 Å². The molecule has 1 aliphatic carbocycles. The minimum atomic E-state index is 0.0244. The summed E-state index contributed by atoms with van der Waals surface area (Å²) >= 11 is 0. The van der Waals surface area contributed by atoms with E-state index in [0.29, 0.717) is 18.5 Å². The van der Waals surface area contributed by atoms with Crippen LogP contribution in [0.25, 0.3) is 22.2 Å². The summed E-state index contributed by atoms with van der Waals surface area (Å²) in [5.74, 6) is 0.597. The first kappa shape index (κ1) is 18.5. The van der Waals surface area contributed by atoms with Crippen LogP contribution in [0.5, 0.6) is 5.88 Å². The summed E-state index contributed by atoms with van der Waals surface area (Å²) in [4.78, 5) is 9.33. The minimum absolute atomic E-state index is 0.0244. The zero-order chi connectivity index (χ0) is 19.8. The molecular weight excluding hydrogens is 366 g/mol. The van der Waals surface area contributed by atoms with Crippen molar-refractivity contribution >= 4 is 10.9 Å². The Hall–Kier alpha value is -2.51. The fourth-order valence-corrected chi connectivity index (χ4v) is 4.08. The van der Waals surface area contributed by atoms with Gasteiger partial charge in [-0.25, -0.2) is 4.98 Å². The molecule has 29 heavy (non-hydrogen) atoms. The van der Waals surface area contributed by atoms with E-state index < -0.39 is 0 Å². The van der Waals surface area contributed by atoms with Crippen LogP contribution >= 0.6 is 0 Å². The lowest BCUT2D eigenvalue weighted by atomic mass is 9.79. The molecule has 5 rings (SSSR count). The highest BCUT2D eigenvalue weighted by Gasteiger charge is 2.42. The highest BCUT2D eigenvalue weighted by atomic mass is 16.6. The van der Waals surface area contributed by atoms with Gasteiger partial charge in [-0.2, -0.15) is 5.10 Å². The highest BCUT2D eigenvalue weighted by molar-refractivity contribution is 5.86. The molecule has 7 heteroatoms. The molecule has 1 atom stereocenters. The molecule has 4 heterocycles. The standard InChI is InChI=1S/C22H27N5O2/c1-15(2)27-12-16(10-25-27)19-9-20-18(5-3-8-24-20)21(26-19)28-13-17-11-23-14-22(29-17)6-4-7-22/h3,5,8-10,12,15,17,23H,4,6-7,11,13-14H2,1-2H3/t17-/m0/s1. The van der Waals surface area contributed by atoms with Gasteiger partial charge in [0.15, 0.2) is 0 Å². The second-order valence-corrected chi connectivity index (χ2v) is 8.40. The van der Waals surface area contributed by atoms with Gasteiger partial charge in [-0.1, -0.05) is 0 Å². The van der Waals surface area contributed by atoms with Gasteiger partial charge in [-0.15, -0.1) is 0 Å². The Labute approximate surface area is 170 Å². The van der Waals surface area contributed by atoms with Crippen molar-refractivity contribution in [2.75, 3.05) is 19.7 Å². The summed E-state index contributed by atoms with van der Waals surface area (Å²) < 4.78 is 14.5. The van der Waals surface area contributed by atoms with Crippen LogP contribution in [-0.2, 0) is 4.74 Å². The SMILES string of the molecule is CC(C)n1cc(-c2cc3ncccc3c(OC[C@@H]3CNCC4(CCC4)O3)n2)cn1. The number of morpholine rings is 1. The molecule has 1 saturated heterocycles. The number of nitrogens with zero attached hydrogens (tertiary/aromatic N) is 4. The summed E-state index contributed by atoms with van der Waals surface area (Å²) in [5, 5.41) is 8.85. The lowest BCUT2D eigenvalue weighted by molar-refractivity contribution is -0.165. The summed E-state index contributed by atoms with van der Waals surface area (Å²) in [6.07, 6.45) is 9.20. The van der Waals surface area contributed by atoms with Crippen molar-refractivity contribution in [3.05, 3.63) is 36.8 Å². The van der Waals surface area contributed by atoms with Gasteiger partial charge in [0.1, 0.15) is 12.7 Å². The molecular formula is C22H27N5O2. The molecule has 3 aromatic rings. The Balaban J connectivity index is 1.41. The molecule has 0 unspecified atom stereocenters. The third kappa shape index (κ3) is 3.60. The van der Waals surface area contributed by atoms with E-state index in [1.165, 1.54) is 6.42 Å². The number of pyridine rings is 2. The molecule has 2 aliphatic rings. The van der Waals surface area contributed by atoms with Crippen LogP contribution < -0.4 is 10.1 Å². The second kappa shape index (κ2) is 7.39. The molecule has 1 aliphatic heterocycles. The summed E-state index contributed by atoms with van der Waals surface area (Å²) in [6.45, 7) is 6.44. The maximum atomic E-state index is 6.34. The van der Waals surface area contributed by atoms with E-state index in [0.717, 1.165) is 48.1 Å². The highest BCUT2D eigenvalue weighted by Crippen LogP contribution is 2.37. The van der Waals surface area contributed by atoms with Crippen molar-refractivity contribution < 1.29 is 9.47 Å². The van der Waals surface area contributed by atoms with Crippen LogP contribution in [-0.4, -0.2) is 51.1 Å². The molecule has 1 saturated carbocycles. The average Bonchev–Trinajstić information content (AvgIpc) is 3.21. The largest absolute Gasteiger partial charge is 0.474 e. The number of aromatic nitrogens is 4.